The van der Waals surface area contributed by atoms with Crippen molar-refractivity contribution < 1.29 is 19.4 Å². The van der Waals surface area contributed by atoms with Gasteiger partial charge >= 0.3 is 5.97 Å². The lowest BCUT2D eigenvalue weighted by atomic mass is 10.0. The van der Waals surface area contributed by atoms with Crippen LogP contribution < -0.4 is 0 Å². The van der Waals surface area contributed by atoms with Crippen LogP contribution in [0.4, 0.5) is 4.39 Å². The van der Waals surface area contributed by atoms with Crippen LogP contribution in [0.15, 0.2) is 12.1 Å². The minimum atomic E-state index is -0.949. The number of rotatable bonds is 3. The number of benzene rings is 1. The zero-order chi connectivity index (χ0) is 11.6. The lowest BCUT2D eigenvalue weighted by Gasteiger charge is -2.07. The number of carboxylic acid groups (broad SMARTS) is 1. The maximum absolute atomic E-state index is 12.9. The molecule has 0 aliphatic rings. The van der Waals surface area contributed by atoms with Gasteiger partial charge in [-0.25, -0.2) is 4.39 Å². The number of phenols is 1. The topological polar surface area (TPSA) is 57.5 Å². The lowest BCUT2D eigenvalue weighted by molar-refractivity contribution is -0.141. The summed E-state index contributed by atoms with van der Waals surface area (Å²) in [5, 5.41) is 17.6. The Balaban J connectivity index is 2.92. The van der Waals surface area contributed by atoms with Gasteiger partial charge in [0.1, 0.15) is 0 Å². The number of aromatic hydroxyl groups is 1. The zero-order valence-corrected chi connectivity index (χ0v) is 8.75. The van der Waals surface area contributed by atoms with Crippen LogP contribution in [0, 0.1) is 11.7 Å². The Morgan fingerprint density at radius 2 is 2.20 bits per heavy atom. The van der Waals surface area contributed by atoms with Gasteiger partial charge in [0.05, 0.1) is 10.9 Å². The standard InChI is InChI=1S/C10H10ClFO3/c1-5(10(14)15)2-6-3-7(11)9(12)8(13)4-6/h3-5,13H,2H2,1H3,(H,14,15). The minimum Gasteiger partial charge on any atom is -0.505 e. The Hall–Kier alpha value is -1.29. The van der Waals surface area contributed by atoms with Gasteiger partial charge in [0.15, 0.2) is 11.6 Å². The summed E-state index contributed by atoms with van der Waals surface area (Å²) in [6.07, 6.45) is 0.197. The predicted octanol–water partition coefficient (Wildman–Crippen LogP) is 2.45. The normalized spacial score (nSPS) is 12.5. The molecule has 0 saturated heterocycles. The molecule has 1 rings (SSSR count). The SMILES string of the molecule is CC(Cc1cc(O)c(F)c(Cl)c1)C(=O)O. The van der Waals surface area contributed by atoms with E-state index < -0.39 is 23.5 Å². The van der Waals surface area contributed by atoms with Crippen LogP contribution in [-0.4, -0.2) is 16.2 Å². The van der Waals surface area contributed by atoms with Crippen molar-refractivity contribution in [3.63, 3.8) is 0 Å². The van der Waals surface area contributed by atoms with Crippen molar-refractivity contribution in [2.45, 2.75) is 13.3 Å². The van der Waals surface area contributed by atoms with E-state index in [0.29, 0.717) is 5.56 Å². The molecule has 0 aliphatic heterocycles. The average molecular weight is 233 g/mol. The maximum atomic E-state index is 12.9. The molecule has 1 aromatic rings. The summed E-state index contributed by atoms with van der Waals surface area (Å²) in [5.74, 6) is -3.00. The highest BCUT2D eigenvalue weighted by molar-refractivity contribution is 6.30. The summed E-state index contributed by atoms with van der Waals surface area (Å²) in [4.78, 5) is 10.6. The van der Waals surface area contributed by atoms with Crippen LogP contribution in [0.3, 0.4) is 0 Å². The van der Waals surface area contributed by atoms with Crippen molar-refractivity contribution in [2.75, 3.05) is 0 Å². The first-order valence-corrected chi connectivity index (χ1v) is 4.69. The summed E-state index contributed by atoms with van der Waals surface area (Å²) in [5.41, 5.74) is 0.494. The molecular weight excluding hydrogens is 223 g/mol. The maximum Gasteiger partial charge on any atom is 0.306 e. The Labute approximate surface area is 91.1 Å². The van der Waals surface area contributed by atoms with E-state index in [1.54, 1.807) is 0 Å². The first-order valence-electron chi connectivity index (χ1n) is 4.31. The van der Waals surface area contributed by atoms with Crippen LogP contribution in [0.5, 0.6) is 5.75 Å². The second-order valence-corrected chi connectivity index (χ2v) is 3.76. The van der Waals surface area contributed by atoms with Gasteiger partial charge in [-0.2, -0.15) is 0 Å². The van der Waals surface area contributed by atoms with E-state index in [1.165, 1.54) is 19.1 Å². The molecule has 1 atom stereocenters. The van der Waals surface area contributed by atoms with Crippen LogP contribution in [-0.2, 0) is 11.2 Å². The Morgan fingerprint density at radius 1 is 1.60 bits per heavy atom. The average Bonchev–Trinajstić information content (AvgIpc) is 2.13. The van der Waals surface area contributed by atoms with Crippen LogP contribution in [0.1, 0.15) is 12.5 Å². The number of aliphatic carboxylic acids is 1. The number of hydrogen-bond acceptors (Lipinski definition) is 2. The van der Waals surface area contributed by atoms with Gasteiger partial charge < -0.3 is 10.2 Å². The van der Waals surface area contributed by atoms with Gasteiger partial charge in [-0.05, 0) is 24.1 Å². The Kier molecular flexibility index (Phi) is 3.52. The molecule has 5 heteroatoms. The molecule has 0 fully saturated rings. The molecule has 0 radical (unpaired) electrons. The second kappa shape index (κ2) is 4.49. The fourth-order valence-electron chi connectivity index (χ4n) is 1.19. The number of hydrogen-bond donors (Lipinski definition) is 2. The third kappa shape index (κ3) is 2.83. The molecule has 2 N–H and O–H groups in total. The molecule has 15 heavy (non-hydrogen) atoms. The Bertz CT molecular complexity index is 369. The first-order chi connectivity index (χ1) is 6.91. The first kappa shape index (κ1) is 11.8. The summed E-state index contributed by atoms with van der Waals surface area (Å²) in [6, 6.07) is 2.50. The third-order valence-electron chi connectivity index (χ3n) is 2.03. The molecule has 0 heterocycles. The fourth-order valence-corrected chi connectivity index (χ4v) is 1.42. The third-order valence-corrected chi connectivity index (χ3v) is 2.31. The molecule has 1 aromatic carbocycles. The largest absolute Gasteiger partial charge is 0.505 e. The van der Waals surface area contributed by atoms with Crippen molar-refractivity contribution >= 4 is 17.6 Å². The van der Waals surface area contributed by atoms with Gasteiger partial charge in [0.2, 0.25) is 0 Å². The second-order valence-electron chi connectivity index (χ2n) is 3.35. The molecule has 3 nitrogen and oxygen atoms in total. The highest BCUT2D eigenvalue weighted by atomic mass is 35.5. The van der Waals surface area contributed by atoms with E-state index in [4.69, 9.17) is 21.8 Å². The van der Waals surface area contributed by atoms with E-state index in [2.05, 4.69) is 0 Å². The van der Waals surface area contributed by atoms with Crippen molar-refractivity contribution in [2.24, 2.45) is 5.92 Å². The van der Waals surface area contributed by atoms with E-state index in [9.17, 15) is 9.18 Å². The fraction of sp³-hybridized carbons (Fsp3) is 0.300. The van der Waals surface area contributed by atoms with Gasteiger partial charge in [-0.15, -0.1) is 0 Å². The van der Waals surface area contributed by atoms with E-state index in [1.807, 2.05) is 0 Å². The highest BCUT2D eigenvalue weighted by Gasteiger charge is 2.14. The van der Waals surface area contributed by atoms with Gasteiger partial charge in [0, 0.05) is 0 Å². The van der Waals surface area contributed by atoms with Gasteiger partial charge in [-0.3, -0.25) is 4.79 Å². The van der Waals surface area contributed by atoms with Crippen molar-refractivity contribution in [1.29, 1.82) is 0 Å². The van der Waals surface area contributed by atoms with Crippen LogP contribution in [0.25, 0.3) is 0 Å². The van der Waals surface area contributed by atoms with Gasteiger partial charge in [-0.1, -0.05) is 18.5 Å². The molecule has 0 aromatic heterocycles. The smallest absolute Gasteiger partial charge is 0.306 e. The molecule has 82 valence electrons. The molecular formula is C10H10ClFO3. The summed E-state index contributed by atoms with van der Waals surface area (Å²) in [7, 11) is 0. The van der Waals surface area contributed by atoms with E-state index in [0.717, 1.165) is 0 Å². The number of carbonyl (C=O) groups is 1. The van der Waals surface area contributed by atoms with Crippen LogP contribution >= 0.6 is 11.6 Å². The molecule has 0 spiro atoms. The summed E-state index contributed by atoms with van der Waals surface area (Å²) in [6.45, 7) is 1.52. The molecule has 0 amide bonds. The molecule has 0 saturated carbocycles. The highest BCUT2D eigenvalue weighted by Crippen LogP contribution is 2.26. The van der Waals surface area contributed by atoms with Crippen molar-refractivity contribution in [3.05, 3.63) is 28.5 Å². The monoisotopic (exact) mass is 232 g/mol. The Morgan fingerprint density at radius 3 is 2.67 bits per heavy atom. The van der Waals surface area contributed by atoms with E-state index in [-0.39, 0.29) is 11.4 Å². The molecule has 1 unspecified atom stereocenters. The minimum absolute atomic E-state index is 0.197. The number of carboxylic acids is 1. The number of phenolic OH excluding ortho intramolecular Hbond substituents is 1. The zero-order valence-electron chi connectivity index (χ0n) is 8.00. The van der Waals surface area contributed by atoms with Crippen molar-refractivity contribution in [3.8, 4) is 5.75 Å². The quantitative estimate of drug-likeness (QED) is 0.842. The van der Waals surface area contributed by atoms with Crippen LogP contribution in [0.2, 0.25) is 5.02 Å². The predicted molar refractivity (Wildman–Crippen MR) is 53.6 cm³/mol. The van der Waals surface area contributed by atoms with E-state index >= 15 is 0 Å². The van der Waals surface area contributed by atoms with Crippen molar-refractivity contribution in [1.82, 2.24) is 0 Å². The van der Waals surface area contributed by atoms with Gasteiger partial charge in [0.25, 0.3) is 0 Å². The summed E-state index contributed by atoms with van der Waals surface area (Å²) >= 11 is 5.50. The number of halogens is 2. The molecule has 0 bridgehead atoms. The summed E-state index contributed by atoms with van der Waals surface area (Å²) < 4.78 is 12.9. The lowest BCUT2D eigenvalue weighted by Crippen LogP contribution is -2.12. The molecule has 0 aliphatic carbocycles.